The first-order chi connectivity index (χ1) is 10.1. The first-order valence-electron chi connectivity index (χ1n) is 7.42. The molecule has 21 heavy (non-hydrogen) atoms. The van der Waals surface area contributed by atoms with Gasteiger partial charge in [0.1, 0.15) is 11.4 Å². The Morgan fingerprint density at radius 2 is 1.90 bits per heavy atom. The topological polar surface area (TPSA) is 67.2 Å². The van der Waals surface area contributed by atoms with Gasteiger partial charge >= 0.3 is 5.69 Å². The van der Waals surface area contributed by atoms with E-state index in [1.54, 1.807) is 12.1 Å². The molecule has 0 saturated heterocycles. The Morgan fingerprint density at radius 1 is 1.29 bits per heavy atom. The normalized spacial score (nSPS) is 16.7. The van der Waals surface area contributed by atoms with Crippen LogP contribution in [-0.2, 0) is 0 Å². The molecular formula is C15H23N3O2S. The molecule has 1 aliphatic carbocycles. The number of thioether (sulfide) groups is 1. The van der Waals surface area contributed by atoms with Gasteiger partial charge in [-0.25, -0.2) is 0 Å². The van der Waals surface area contributed by atoms with Crippen LogP contribution in [0.5, 0.6) is 0 Å². The lowest BCUT2D eigenvalue weighted by Gasteiger charge is -2.27. The van der Waals surface area contributed by atoms with E-state index in [-0.39, 0.29) is 15.4 Å². The highest BCUT2D eigenvalue weighted by atomic mass is 32.2. The molecular weight excluding hydrogens is 286 g/mol. The molecule has 0 amide bonds. The summed E-state index contributed by atoms with van der Waals surface area (Å²) in [4.78, 5) is 11.1. The molecule has 0 atom stereocenters. The molecule has 0 bridgehead atoms. The number of nitrogens with zero attached hydrogens (tertiary/aromatic N) is 1. The first-order valence-corrected chi connectivity index (χ1v) is 8.64. The second-order valence-corrected chi connectivity index (χ2v) is 6.71. The van der Waals surface area contributed by atoms with Gasteiger partial charge in [-0.15, -0.1) is 0 Å². The van der Waals surface area contributed by atoms with Crippen LogP contribution in [0, 0.1) is 10.1 Å². The molecule has 2 N–H and O–H groups in total. The van der Waals surface area contributed by atoms with E-state index >= 15 is 0 Å². The number of rotatable bonds is 7. The number of nitro groups is 1. The van der Waals surface area contributed by atoms with Crippen LogP contribution < -0.4 is 10.6 Å². The molecule has 0 heterocycles. The fourth-order valence-corrected chi connectivity index (χ4v) is 3.86. The van der Waals surface area contributed by atoms with Crippen LogP contribution in [0.4, 0.5) is 17.1 Å². The molecule has 0 radical (unpaired) electrons. The highest BCUT2D eigenvalue weighted by molar-refractivity contribution is 8.00. The summed E-state index contributed by atoms with van der Waals surface area (Å²) < 4.78 is 0.224. The van der Waals surface area contributed by atoms with Crippen molar-refractivity contribution >= 4 is 28.8 Å². The van der Waals surface area contributed by atoms with Crippen molar-refractivity contribution in [2.24, 2.45) is 0 Å². The van der Waals surface area contributed by atoms with Crippen molar-refractivity contribution in [2.75, 3.05) is 30.0 Å². The van der Waals surface area contributed by atoms with E-state index < -0.39 is 0 Å². The minimum Gasteiger partial charge on any atom is -0.380 e. The zero-order chi connectivity index (χ0) is 15.3. The summed E-state index contributed by atoms with van der Waals surface area (Å²) in [6.45, 7) is 3.38. The van der Waals surface area contributed by atoms with Gasteiger partial charge in [0.25, 0.3) is 0 Å². The molecule has 1 saturated carbocycles. The Bertz CT molecular complexity index is 502. The average Bonchev–Trinajstić information content (AvgIpc) is 2.95. The molecule has 116 valence electrons. The van der Waals surface area contributed by atoms with E-state index in [1.165, 1.54) is 25.7 Å². The number of hydrogen-bond acceptors (Lipinski definition) is 5. The third-order valence-corrected chi connectivity index (χ3v) is 5.55. The lowest BCUT2D eigenvalue weighted by Crippen LogP contribution is -2.30. The maximum absolute atomic E-state index is 11.4. The van der Waals surface area contributed by atoms with E-state index in [0.717, 1.165) is 6.54 Å². The van der Waals surface area contributed by atoms with E-state index in [1.807, 2.05) is 24.8 Å². The van der Waals surface area contributed by atoms with Crippen LogP contribution in [0.1, 0.15) is 32.6 Å². The van der Waals surface area contributed by atoms with Crippen LogP contribution in [0.25, 0.3) is 0 Å². The third kappa shape index (κ3) is 3.61. The van der Waals surface area contributed by atoms with E-state index in [4.69, 9.17) is 0 Å². The quantitative estimate of drug-likeness (QED) is 0.586. The van der Waals surface area contributed by atoms with Crippen molar-refractivity contribution < 1.29 is 4.92 Å². The number of benzene rings is 1. The summed E-state index contributed by atoms with van der Waals surface area (Å²) in [6.07, 6.45) is 7.00. The fourth-order valence-electron chi connectivity index (χ4n) is 2.94. The number of anilines is 2. The lowest BCUT2D eigenvalue weighted by molar-refractivity contribution is -0.383. The van der Waals surface area contributed by atoms with Gasteiger partial charge in [-0.1, -0.05) is 18.9 Å². The number of nitro benzene ring substituents is 1. The third-order valence-electron chi connectivity index (χ3n) is 4.13. The van der Waals surface area contributed by atoms with E-state index in [9.17, 15) is 10.1 Å². The Morgan fingerprint density at radius 3 is 2.43 bits per heavy atom. The molecule has 5 nitrogen and oxygen atoms in total. The Kier molecular flexibility index (Phi) is 5.33. The summed E-state index contributed by atoms with van der Waals surface area (Å²) >= 11 is 1.88. The largest absolute Gasteiger partial charge is 0.380 e. The van der Waals surface area contributed by atoms with Gasteiger partial charge in [0.15, 0.2) is 0 Å². The molecule has 1 aromatic rings. The van der Waals surface area contributed by atoms with Crippen LogP contribution >= 0.6 is 11.8 Å². The van der Waals surface area contributed by atoms with Gasteiger partial charge in [-0.3, -0.25) is 10.1 Å². The minimum atomic E-state index is -0.305. The van der Waals surface area contributed by atoms with Crippen molar-refractivity contribution in [3.8, 4) is 0 Å². The lowest BCUT2D eigenvalue weighted by atomic mass is 10.1. The maximum atomic E-state index is 11.4. The highest BCUT2D eigenvalue weighted by Gasteiger charge is 2.33. The predicted molar refractivity (Wildman–Crippen MR) is 90.5 cm³/mol. The van der Waals surface area contributed by atoms with Crippen molar-refractivity contribution in [1.82, 2.24) is 0 Å². The molecule has 1 fully saturated rings. The second kappa shape index (κ2) is 7.02. The molecule has 0 spiro atoms. The van der Waals surface area contributed by atoms with Crippen LogP contribution in [0.2, 0.25) is 0 Å². The van der Waals surface area contributed by atoms with Crippen LogP contribution in [0.3, 0.4) is 0 Å². The van der Waals surface area contributed by atoms with Crippen LogP contribution in [-0.4, -0.2) is 29.0 Å². The monoisotopic (exact) mass is 309 g/mol. The summed E-state index contributed by atoms with van der Waals surface area (Å²) in [6, 6.07) is 5.41. The Hall–Kier alpha value is -1.43. The maximum Gasteiger partial charge on any atom is 0.315 e. The summed E-state index contributed by atoms with van der Waals surface area (Å²) in [7, 11) is 0. The van der Waals surface area contributed by atoms with Crippen LogP contribution in [0.15, 0.2) is 18.2 Å². The number of hydrogen-bond donors (Lipinski definition) is 2. The van der Waals surface area contributed by atoms with Gasteiger partial charge < -0.3 is 10.6 Å². The molecule has 1 aliphatic rings. The van der Waals surface area contributed by atoms with Gasteiger partial charge in [0.2, 0.25) is 0 Å². The van der Waals surface area contributed by atoms with E-state index in [2.05, 4.69) is 16.9 Å². The first kappa shape index (κ1) is 15.9. The molecule has 0 unspecified atom stereocenters. The number of nitrogens with one attached hydrogen (secondary N) is 2. The molecule has 6 heteroatoms. The Balaban J connectivity index is 2.19. The van der Waals surface area contributed by atoms with Gasteiger partial charge in [0, 0.05) is 17.8 Å². The minimum absolute atomic E-state index is 0.147. The van der Waals surface area contributed by atoms with Crippen molar-refractivity contribution in [3.05, 3.63) is 28.3 Å². The van der Waals surface area contributed by atoms with E-state index in [0.29, 0.717) is 17.9 Å². The standard InChI is InChI=1S/C15H23N3O2S/c1-3-16-12-7-6-8-13(14(12)18(19)20)17-11-15(21-2)9-4-5-10-15/h6-8,16-17H,3-5,9-11H2,1-2H3. The molecule has 0 aromatic heterocycles. The second-order valence-electron chi connectivity index (χ2n) is 5.44. The van der Waals surface area contributed by atoms with Crippen molar-refractivity contribution in [3.63, 3.8) is 0 Å². The predicted octanol–water partition coefficient (Wildman–Crippen LogP) is 4.11. The fraction of sp³-hybridized carbons (Fsp3) is 0.600. The molecule has 0 aliphatic heterocycles. The zero-order valence-corrected chi connectivity index (χ0v) is 13.5. The molecule has 1 aromatic carbocycles. The van der Waals surface area contributed by atoms with Crippen molar-refractivity contribution in [2.45, 2.75) is 37.4 Å². The summed E-state index contributed by atoms with van der Waals surface area (Å²) in [5.74, 6) is 0. The SMILES string of the molecule is CCNc1cccc(NCC2(SC)CCCC2)c1[N+](=O)[O-]. The summed E-state index contributed by atoms with van der Waals surface area (Å²) in [5, 5.41) is 17.8. The van der Waals surface area contributed by atoms with Crippen molar-refractivity contribution in [1.29, 1.82) is 0 Å². The van der Waals surface area contributed by atoms with Gasteiger partial charge in [-0.05, 0) is 38.2 Å². The van der Waals surface area contributed by atoms with Gasteiger partial charge in [-0.2, -0.15) is 11.8 Å². The Labute approximate surface area is 130 Å². The summed E-state index contributed by atoms with van der Waals surface area (Å²) in [5.41, 5.74) is 1.34. The molecule has 2 rings (SSSR count). The average molecular weight is 309 g/mol. The zero-order valence-electron chi connectivity index (χ0n) is 12.6. The van der Waals surface area contributed by atoms with Gasteiger partial charge in [0.05, 0.1) is 4.92 Å². The number of para-hydroxylation sites is 1. The highest BCUT2D eigenvalue weighted by Crippen LogP contribution is 2.41. The smallest absolute Gasteiger partial charge is 0.315 e.